The Labute approximate surface area is 71.2 Å². The van der Waals surface area contributed by atoms with Crippen molar-refractivity contribution >= 4 is 11.8 Å². The molecule has 0 saturated carbocycles. The summed E-state index contributed by atoms with van der Waals surface area (Å²) >= 11 is 0. The average Bonchev–Trinajstić information content (AvgIpc) is 2.04. The van der Waals surface area contributed by atoms with Crippen molar-refractivity contribution in [2.24, 2.45) is 0 Å². The van der Waals surface area contributed by atoms with Crippen LogP contribution >= 0.6 is 0 Å². The number of benzene rings is 1. The van der Waals surface area contributed by atoms with Crippen molar-refractivity contribution in [2.45, 2.75) is 6.92 Å². The average molecular weight is 164 g/mol. The first-order chi connectivity index (χ1) is 5.61. The monoisotopic (exact) mass is 164 g/mol. The van der Waals surface area contributed by atoms with Crippen LogP contribution in [0.3, 0.4) is 0 Å². The number of hydrogen-bond donors (Lipinski definition) is 0. The van der Waals surface area contributed by atoms with Crippen molar-refractivity contribution in [1.29, 1.82) is 0 Å². The predicted octanol–water partition coefficient (Wildman–Crippen LogP) is 1.98. The van der Waals surface area contributed by atoms with Crippen LogP contribution in [0.1, 0.15) is 5.56 Å². The smallest absolute Gasteiger partial charge is 0.278 e. The molecule has 3 heteroatoms. The maximum atomic E-state index is 10.4. The zero-order chi connectivity index (χ0) is 9.14. The van der Waals surface area contributed by atoms with Gasteiger partial charge in [0, 0.05) is 12.7 Å². The van der Waals surface area contributed by atoms with Crippen molar-refractivity contribution in [3.05, 3.63) is 29.8 Å². The van der Waals surface area contributed by atoms with Crippen LogP contribution in [0.15, 0.2) is 24.3 Å². The molecule has 0 unspecified atom stereocenters. The SMILES string of the molecule is Cc1ccc(N(C)C([O])=O)cc1. The quantitative estimate of drug-likeness (QED) is 0.625. The molecule has 1 radical (unpaired) electrons. The summed E-state index contributed by atoms with van der Waals surface area (Å²) in [6.45, 7) is 1.95. The van der Waals surface area contributed by atoms with Gasteiger partial charge >= 0.3 is 6.09 Å². The summed E-state index contributed by atoms with van der Waals surface area (Å²) in [5.41, 5.74) is 1.73. The molecule has 1 rings (SSSR count). The van der Waals surface area contributed by atoms with Crippen molar-refractivity contribution in [3.63, 3.8) is 0 Å². The zero-order valence-corrected chi connectivity index (χ0v) is 7.07. The Hall–Kier alpha value is -1.51. The molecule has 1 amide bonds. The van der Waals surface area contributed by atoms with Crippen LogP contribution < -0.4 is 4.90 Å². The summed E-state index contributed by atoms with van der Waals surface area (Å²) in [6, 6.07) is 7.19. The van der Waals surface area contributed by atoms with Crippen LogP contribution in [0.5, 0.6) is 0 Å². The number of nitrogens with zero attached hydrogens (tertiary/aromatic N) is 1. The Balaban J connectivity index is 2.89. The Morgan fingerprint density at radius 3 is 2.17 bits per heavy atom. The van der Waals surface area contributed by atoms with E-state index < -0.39 is 6.09 Å². The van der Waals surface area contributed by atoms with Gasteiger partial charge in [0.25, 0.3) is 0 Å². The summed E-state index contributed by atoms with van der Waals surface area (Å²) in [6.07, 6.45) is -1.20. The maximum absolute atomic E-state index is 10.4. The van der Waals surface area contributed by atoms with Crippen LogP contribution in [0, 0.1) is 6.92 Å². The molecule has 0 aliphatic carbocycles. The molecule has 0 aromatic heterocycles. The molecule has 1 aromatic rings. The highest BCUT2D eigenvalue weighted by molar-refractivity contribution is 5.84. The van der Waals surface area contributed by atoms with Gasteiger partial charge in [0.15, 0.2) is 0 Å². The second-order valence-corrected chi connectivity index (χ2v) is 2.66. The van der Waals surface area contributed by atoms with Gasteiger partial charge in [0.05, 0.1) is 0 Å². The molecule has 0 atom stereocenters. The molecule has 0 aliphatic heterocycles. The summed E-state index contributed by atoms with van der Waals surface area (Å²) in [4.78, 5) is 11.5. The van der Waals surface area contributed by atoms with Gasteiger partial charge in [-0.25, -0.2) is 9.90 Å². The first-order valence-electron chi connectivity index (χ1n) is 3.62. The number of hydrogen-bond acceptors (Lipinski definition) is 1. The maximum Gasteiger partial charge on any atom is 0.457 e. The van der Waals surface area contributed by atoms with Gasteiger partial charge in [-0.15, -0.1) is 0 Å². The van der Waals surface area contributed by atoms with Gasteiger partial charge in [-0.1, -0.05) is 17.7 Å². The summed E-state index contributed by atoms with van der Waals surface area (Å²) in [7, 11) is 1.46. The lowest BCUT2D eigenvalue weighted by Gasteiger charge is -2.10. The van der Waals surface area contributed by atoms with Crippen molar-refractivity contribution in [3.8, 4) is 0 Å². The van der Waals surface area contributed by atoms with Crippen molar-refractivity contribution < 1.29 is 9.90 Å². The van der Waals surface area contributed by atoms with Gasteiger partial charge < -0.3 is 0 Å². The van der Waals surface area contributed by atoms with E-state index in [0.29, 0.717) is 5.69 Å². The molecular weight excluding hydrogens is 154 g/mol. The largest absolute Gasteiger partial charge is 0.457 e. The van der Waals surface area contributed by atoms with E-state index in [-0.39, 0.29) is 0 Å². The van der Waals surface area contributed by atoms with Crippen LogP contribution in [0.4, 0.5) is 10.5 Å². The Bertz CT molecular complexity index is 279. The lowest BCUT2D eigenvalue weighted by atomic mass is 10.2. The third-order valence-corrected chi connectivity index (χ3v) is 1.70. The molecule has 3 nitrogen and oxygen atoms in total. The topological polar surface area (TPSA) is 40.2 Å². The third kappa shape index (κ3) is 1.75. The van der Waals surface area contributed by atoms with Crippen molar-refractivity contribution in [2.75, 3.05) is 11.9 Å². The summed E-state index contributed by atoms with van der Waals surface area (Å²) < 4.78 is 0. The Kier molecular flexibility index (Phi) is 2.33. The number of carbonyl (C=O) groups is 1. The zero-order valence-electron chi connectivity index (χ0n) is 7.07. The van der Waals surface area contributed by atoms with Gasteiger partial charge in [0.1, 0.15) is 0 Å². The van der Waals surface area contributed by atoms with E-state index in [1.165, 1.54) is 7.05 Å². The Morgan fingerprint density at radius 2 is 1.75 bits per heavy atom. The van der Waals surface area contributed by atoms with E-state index >= 15 is 0 Å². The van der Waals surface area contributed by atoms with Crippen LogP contribution in [0.25, 0.3) is 0 Å². The molecule has 0 heterocycles. The van der Waals surface area contributed by atoms with Crippen molar-refractivity contribution in [1.82, 2.24) is 0 Å². The number of amides is 1. The molecule has 0 aliphatic rings. The highest BCUT2D eigenvalue weighted by atomic mass is 16.4. The molecule has 0 saturated heterocycles. The van der Waals surface area contributed by atoms with E-state index in [0.717, 1.165) is 10.5 Å². The normalized spacial score (nSPS) is 9.50. The summed E-state index contributed by atoms with van der Waals surface area (Å²) in [5.74, 6) is 0. The fraction of sp³-hybridized carbons (Fsp3) is 0.222. The van der Waals surface area contributed by atoms with Crippen LogP contribution in [-0.2, 0) is 5.11 Å². The van der Waals surface area contributed by atoms with Gasteiger partial charge in [-0.3, -0.25) is 4.90 Å². The van der Waals surface area contributed by atoms with E-state index in [2.05, 4.69) is 0 Å². The second kappa shape index (κ2) is 3.26. The van der Waals surface area contributed by atoms with Crippen LogP contribution in [-0.4, -0.2) is 13.1 Å². The van der Waals surface area contributed by atoms with Gasteiger partial charge in [-0.05, 0) is 19.1 Å². The molecule has 0 spiro atoms. The van der Waals surface area contributed by atoms with Gasteiger partial charge in [0.2, 0.25) is 0 Å². The number of carbonyl (C=O) groups excluding carboxylic acids is 1. The second-order valence-electron chi connectivity index (χ2n) is 2.66. The minimum atomic E-state index is -1.20. The lowest BCUT2D eigenvalue weighted by molar-refractivity contribution is 0.178. The standard InChI is InChI=1S/C9H10NO2/c1-7-3-5-8(6-4-7)10(2)9(11)12/h3-6H,1-2H3. The molecule has 1 aromatic carbocycles. The number of anilines is 1. The molecule has 0 fully saturated rings. The Morgan fingerprint density at radius 1 is 1.25 bits per heavy atom. The minimum absolute atomic E-state index is 0.626. The van der Waals surface area contributed by atoms with E-state index in [9.17, 15) is 9.90 Å². The first-order valence-corrected chi connectivity index (χ1v) is 3.62. The lowest BCUT2D eigenvalue weighted by Crippen LogP contribution is -2.22. The fourth-order valence-electron chi connectivity index (χ4n) is 0.874. The highest BCUT2D eigenvalue weighted by Gasteiger charge is 2.08. The molecule has 0 N–H and O–H groups in total. The van der Waals surface area contributed by atoms with Crippen LogP contribution in [0.2, 0.25) is 0 Å². The predicted molar refractivity (Wildman–Crippen MR) is 45.7 cm³/mol. The van der Waals surface area contributed by atoms with Gasteiger partial charge in [-0.2, -0.15) is 0 Å². The first kappa shape index (κ1) is 8.59. The summed E-state index contributed by atoms with van der Waals surface area (Å²) in [5, 5.41) is 10.4. The highest BCUT2D eigenvalue weighted by Crippen LogP contribution is 2.12. The molecule has 12 heavy (non-hydrogen) atoms. The molecule has 0 bridgehead atoms. The number of rotatable bonds is 1. The van der Waals surface area contributed by atoms with E-state index in [1.807, 2.05) is 19.1 Å². The van der Waals surface area contributed by atoms with E-state index in [1.54, 1.807) is 12.1 Å². The molecule has 63 valence electrons. The minimum Gasteiger partial charge on any atom is -0.278 e. The number of aryl methyl sites for hydroxylation is 1. The third-order valence-electron chi connectivity index (χ3n) is 1.70. The fourth-order valence-corrected chi connectivity index (χ4v) is 0.874. The molecular formula is C9H10NO2. The van der Waals surface area contributed by atoms with E-state index in [4.69, 9.17) is 0 Å².